The average Bonchev–Trinajstić information content (AvgIpc) is 3.13. The molecule has 3 aromatic rings. The standard InChI is InChI=1S/C18H14BrF3N4O3S/c19-13-4-2-1-3-12(13)16(17(23)27)10-5-6-14(15(7-10)30(24,28)29)26-9-11(8-25-26)18(20,21)22/h1-9,16H,(H2,23,27)(H2,24,28,29). The molecule has 1 heterocycles. The summed E-state index contributed by atoms with van der Waals surface area (Å²) >= 11 is 3.32. The highest BCUT2D eigenvalue weighted by atomic mass is 79.9. The number of benzene rings is 2. The van der Waals surface area contributed by atoms with Crippen LogP contribution in [0.15, 0.2) is 64.2 Å². The molecule has 4 N–H and O–H groups in total. The van der Waals surface area contributed by atoms with Crippen LogP contribution in [0, 0.1) is 0 Å². The Balaban J connectivity index is 2.19. The minimum Gasteiger partial charge on any atom is -0.369 e. The summed E-state index contributed by atoms with van der Waals surface area (Å²) in [6.45, 7) is 0. The summed E-state index contributed by atoms with van der Waals surface area (Å²) in [5.41, 5.74) is 4.97. The summed E-state index contributed by atoms with van der Waals surface area (Å²) in [4.78, 5) is 11.7. The molecule has 0 fully saturated rings. The summed E-state index contributed by atoms with van der Waals surface area (Å²) in [5.74, 6) is -1.79. The van der Waals surface area contributed by atoms with E-state index in [2.05, 4.69) is 21.0 Å². The maximum Gasteiger partial charge on any atom is 0.419 e. The van der Waals surface area contributed by atoms with E-state index in [-0.39, 0.29) is 11.3 Å². The molecule has 0 saturated carbocycles. The molecule has 0 aliphatic rings. The van der Waals surface area contributed by atoms with Crippen molar-refractivity contribution in [3.8, 4) is 5.69 Å². The quantitative estimate of drug-likeness (QED) is 0.556. The third kappa shape index (κ3) is 4.40. The molecule has 158 valence electrons. The monoisotopic (exact) mass is 502 g/mol. The molecule has 0 aliphatic heterocycles. The first-order valence-electron chi connectivity index (χ1n) is 8.22. The Morgan fingerprint density at radius 1 is 1.17 bits per heavy atom. The fourth-order valence-electron chi connectivity index (χ4n) is 2.93. The second-order valence-corrected chi connectivity index (χ2v) is 8.68. The van der Waals surface area contributed by atoms with Gasteiger partial charge in [0.1, 0.15) is 4.90 Å². The van der Waals surface area contributed by atoms with E-state index < -0.39 is 38.5 Å². The van der Waals surface area contributed by atoms with Crippen LogP contribution >= 0.6 is 15.9 Å². The first-order chi connectivity index (χ1) is 13.9. The number of sulfonamides is 1. The number of nitrogens with zero attached hydrogens (tertiary/aromatic N) is 2. The van der Waals surface area contributed by atoms with Crippen LogP contribution in [0.2, 0.25) is 0 Å². The van der Waals surface area contributed by atoms with Gasteiger partial charge in [-0.3, -0.25) is 4.79 Å². The molecule has 0 spiro atoms. The smallest absolute Gasteiger partial charge is 0.369 e. The number of primary sulfonamides is 1. The van der Waals surface area contributed by atoms with E-state index >= 15 is 0 Å². The zero-order valence-electron chi connectivity index (χ0n) is 15.0. The lowest BCUT2D eigenvalue weighted by atomic mass is 9.90. The molecule has 0 bridgehead atoms. The largest absolute Gasteiger partial charge is 0.419 e. The van der Waals surface area contributed by atoms with Gasteiger partial charge in [-0.25, -0.2) is 18.2 Å². The number of carbonyl (C=O) groups excluding carboxylic acids is 1. The Hall–Kier alpha value is -2.70. The summed E-state index contributed by atoms with van der Waals surface area (Å²) in [6.07, 6.45) is -3.45. The SMILES string of the molecule is NC(=O)C(c1ccc(-n2cc(C(F)(F)F)cn2)c(S(N)(=O)=O)c1)c1ccccc1Br. The predicted molar refractivity (Wildman–Crippen MR) is 105 cm³/mol. The highest BCUT2D eigenvalue weighted by Gasteiger charge is 2.33. The van der Waals surface area contributed by atoms with Crippen molar-refractivity contribution in [2.45, 2.75) is 17.0 Å². The lowest BCUT2D eigenvalue weighted by molar-refractivity contribution is -0.137. The van der Waals surface area contributed by atoms with Gasteiger partial charge in [-0.15, -0.1) is 0 Å². The van der Waals surface area contributed by atoms with E-state index in [4.69, 9.17) is 10.9 Å². The van der Waals surface area contributed by atoms with Gasteiger partial charge < -0.3 is 5.73 Å². The lowest BCUT2D eigenvalue weighted by Gasteiger charge is -2.18. The number of carbonyl (C=O) groups is 1. The van der Waals surface area contributed by atoms with Crippen molar-refractivity contribution in [3.05, 3.63) is 76.0 Å². The lowest BCUT2D eigenvalue weighted by Crippen LogP contribution is -2.24. The van der Waals surface area contributed by atoms with Gasteiger partial charge in [0.25, 0.3) is 0 Å². The Morgan fingerprint density at radius 3 is 2.37 bits per heavy atom. The summed E-state index contributed by atoms with van der Waals surface area (Å²) in [6, 6.07) is 10.4. The zero-order valence-corrected chi connectivity index (χ0v) is 17.4. The van der Waals surface area contributed by atoms with Crippen LogP contribution in [0.25, 0.3) is 5.69 Å². The van der Waals surface area contributed by atoms with Crippen LogP contribution in [-0.2, 0) is 21.0 Å². The van der Waals surface area contributed by atoms with Crippen LogP contribution in [-0.4, -0.2) is 24.1 Å². The minimum atomic E-state index is -4.66. The molecule has 1 amide bonds. The minimum absolute atomic E-state index is 0.199. The molecule has 3 rings (SSSR count). The molecule has 1 aromatic heterocycles. The van der Waals surface area contributed by atoms with Crippen molar-refractivity contribution in [2.75, 3.05) is 0 Å². The van der Waals surface area contributed by atoms with E-state index in [1.54, 1.807) is 24.3 Å². The van der Waals surface area contributed by atoms with E-state index in [0.29, 0.717) is 22.4 Å². The van der Waals surface area contributed by atoms with Crippen molar-refractivity contribution >= 4 is 31.9 Å². The number of nitrogens with two attached hydrogens (primary N) is 2. The number of hydrogen-bond acceptors (Lipinski definition) is 4. The van der Waals surface area contributed by atoms with Crippen molar-refractivity contribution < 1.29 is 26.4 Å². The Morgan fingerprint density at radius 2 is 1.83 bits per heavy atom. The molecular formula is C18H14BrF3N4O3S. The summed E-state index contributed by atoms with van der Waals surface area (Å²) in [7, 11) is -4.39. The maximum absolute atomic E-state index is 12.9. The highest BCUT2D eigenvalue weighted by molar-refractivity contribution is 9.10. The Bertz CT molecular complexity index is 1230. The van der Waals surface area contributed by atoms with Crippen molar-refractivity contribution in [1.29, 1.82) is 0 Å². The van der Waals surface area contributed by atoms with Crippen LogP contribution < -0.4 is 10.9 Å². The van der Waals surface area contributed by atoms with E-state index in [1.165, 1.54) is 12.1 Å². The number of primary amides is 1. The highest BCUT2D eigenvalue weighted by Crippen LogP contribution is 2.34. The van der Waals surface area contributed by atoms with Gasteiger partial charge in [0.05, 0.1) is 23.4 Å². The van der Waals surface area contributed by atoms with Gasteiger partial charge in [-0.2, -0.15) is 18.3 Å². The number of rotatable bonds is 5. The van der Waals surface area contributed by atoms with E-state index in [0.717, 1.165) is 10.7 Å². The van der Waals surface area contributed by atoms with E-state index in [9.17, 15) is 26.4 Å². The van der Waals surface area contributed by atoms with Gasteiger partial charge in [0, 0.05) is 10.7 Å². The average molecular weight is 503 g/mol. The first kappa shape index (κ1) is 22.0. The third-order valence-electron chi connectivity index (χ3n) is 4.28. The van der Waals surface area contributed by atoms with Crippen molar-refractivity contribution in [1.82, 2.24) is 9.78 Å². The molecule has 12 heteroatoms. The molecule has 2 aromatic carbocycles. The van der Waals surface area contributed by atoms with Crippen LogP contribution in [0.1, 0.15) is 22.6 Å². The van der Waals surface area contributed by atoms with E-state index in [1.807, 2.05) is 0 Å². The van der Waals surface area contributed by atoms with Crippen LogP contribution in [0.5, 0.6) is 0 Å². The maximum atomic E-state index is 12.9. The summed E-state index contributed by atoms with van der Waals surface area (Å²) < 4.78 is 64.3. The second kappa shape index (κ2) is 7.85. The van der Waals surface area contributed by atoms with Gasteiger partial charge in [0.2, 0.25) is 15.9 Å². The summed E-state index contributed by atoms with van der Waals surface area (Å²) in [5, 5.41) is 8.87. The first-order valence-corrected chi connectivity index (χ1v) is 10.6. The van der Waals surface area contributed by atoms with Gasteiger partial charge in [-0.05, 0) is 29.3 Å². The topological polar surface area (TPSA) is 121 Å². The molecule has 7 nitrogen and oxygen atoms in total. The van der Waals surface area contributed by atoms with Gasteiger partial charge in [0.15, 0.2) is 0 Å². The number of amides is 1. The fourth-order valence-corrected chi connectivity index (χ4v) is 4.20. The van der Waals surface area contributed by atoms with Crippen molar-refractivity contribution in [3.63, 3.8) is 0 Å². The van der Waals surface area contributed by atoms with Crippen LogP contribution in [0.3, 0.4) is 0 Å². The molecule has 1 atom stereocenters. The molecule has 0 saturated heterocycles. The van der Waals surface area contributed by atoms with Crippen molar-refractivity contribution in [2.24, 2.45) is 10.9 Å². The zero-order chi connectivity index (χ0) is 22.3. The normalized spacial score (nSPS) is 13.2. The van der Waals surface area contributed by atoms with Gasteiger partial charge in [-0.1, -0.05) is 40.2 Å². The number of alkyl halides is 3. The molecular weight excluding hydrogens is 489 g/mol. The second-order valence-electron chi connectivity index (χ2n) is 6.30. The molecule has 0 radical (unpaired) electrons. The fraction of sp³-hybridized carbons (Fsp3) is 0.111. The number of halogens is 4. The predicted octanol–water partition coefficient (Wildman–Crippen LogP) is 2.92. The Kier molecular flexibility index (Phi) is 5.76. The van der Waals surface area contributed by atoms with Crippen LogP contribution in [0.4, 0.5) is 13.2 Å². The molecule has 0 aliphatic carbocycles. The van der Waals surface area contributed by atoms with Gasteiger partial charge >= 0.3 is 6.18 Å². The third-order valence-corrected chi connectivity index (χ3v) is 5.94. The number of aromatic nitrogens is 2. The Labute approximate surface area is 177 Å². The number of hydrogen-bond donors (Lipinski definition) is 2. The molecule has 1 unspecified atom stereocenters. The molecule has 30 heavy (non-hydrogen) atoms.